The molecule has 1 aromatic heterocycles. The van der Waals surface area contributed by atoms with E-state index in [1.807, 2.05) is 0 Å². The van der Waals surface area contributed by atoms with Gasteiger partial charge in [0.15, 0.2) is 0 Å². The highest BCUT2D eigenvalue weighted by Gasteiger charge is 2.35. The molecule has 3 N–H and O–H groups in total. The maximum atomic E-state index is 12.0. The third-order valence-corrected chi connectivity index (χ3v) is 4.08. The van der Waals surface area contributed by atoms with Gasteiger partial charge in [-0.25, -0.2) is 0 Å². The Bertz CT molecular complexity index is 531. The first kappa shape index (κ1) is 15.5. The van der Waals surface area contributed by atoms with Crippen LogP contribution in [0.3, 0.4) is 0 Å². The number of thiophene rings is 1. The van der Waals surface area contributed by atoms with E-state index in [1.54, 1.807) is 24.4 Å². The molecular weight excluding hydrogens is 296 g/mol. The molecule has 0 bridgehead atoms. The first-order chi connectivity index (χ1) is 9.99. The van der Waals surface area contributed by atoms with Gasteiger partial charge in [-0.2, -0.15) is 0 Å². The molecule has 0 saturated carbocycles. The third-order valence-electron chi connectivity index (χ3n) is 3.21. The lowest BCUT2D eigenvalue weighted by molar-refractivity contribution is -0.142. The molecular formula is C13H16N2O5S. The molecule has 2 heterocycles. The van der Waals surface area contributed by atoms with Gasteiger partial charge >= 0.3 is 5.97 Å². The summed E-state index contributed by atoms with van der Waals surface area (Å²) in [5, 5.41) is 16.0. The van der Waals surface area contributed by atoms with Gasteiger partial charge in [-0.15, -0.1) is 11.3 Å². The van der Waals surface area contributed by atoms with Crippen molar-refractivity contribution in [3.8, 4) is 0 Å². The lowest BCUT2D eigenvalue weighted by Crippen LogP contribution is -2.50. The molecule has 0 aromatic carbocycles. The van der Waals surface area contributed by atoms with E-state index in [2.05, 4.69) is 10.6 Å². The Morgan fingerprint density at radius 1 is 1.43 bits per heavy atom. The molecule has 0 spiro atoms. The van der Waals surface area contributed by atoms with Crippen LogP contribution >= 0.6 is 11.3 Å². The van der Waals surface area contributed by atoms with Gasteiger partial charge in [0.2, 0.25) is 5.91 Å². The van der Waals surface area contributed by atoms with Crippen molar-refractivity contribution in [3.63, 3.8) is 0 Å². The van der Waals surface area contributed by atoms with Crippen molar-refractivity contribution in [1.82, 2.24) is 10.6 Å². The Kier molecular flexibility index (Phi) is 4.92. The van der Waals surface area contributed by atoms with Crippen LogP contribution in [0.1, 0.15) is 16.6 Å². The fourth-order valence-corrected chi connectivity index (χ4v) is 2.62. The average Bonchev–Trinajstić information content (AvgIpc) is 3.09. The minimum Gasteiger partial charge on any atom is -0.481 e. The molecule has 114 valence electrons. The summed E-state index contributed by atoms with van der Waals surface area (Å²) in [5.74, 6) is -2.52. The zero-order valence-electron chi connectivity index (χ0n) is 11.4. The first-order valence-electron chi connectivity index (χ1n) is 6.44. The molecule has 2 rings (SSSR count). The summed E-state index contributed by atoms with van der Waals surface area (Å²) in [6, 6.07) is 2.08. The molecule has 1 saturated heterocycles. The molecule has 1 aliphatic rings. The predicted molar refractivity (Wildman–Crippen MR) is 75.1 cm³/mol. The smallest absolute Gasteiger partial charge is 0.311 e. The molecule has 1 fully saturated rings. The van der Waals surface area contributed by atoms with Crippen LogP contribution < -0.4 is 10.6 Å². The van der Waals surface area contributed by atoms with Gasteiger partial charge in [-0.05, 0) is 18.4 Å². The van der Waals surface area contributed by atoms with Crippen LogP contribution in [0, 0.1) is 5.92 Å². The predicted octanol–water partition coefficient (Wildman–Crippen LogP) is 0.0822. The fourth-order valence-electron chi connectivity index (χ4n) is 1.99. The van der Waals surface area contributed by atoms with Crippen LogP contribution in [0.2, 0.25) is 0 Å². The normalized spacial score (nSPS) is 22.5. The Morgan fingerprint density at radius 3 is 2.81 bits per heavy atom. The van der Waals surface area contributed by atoms with Crippen molar-refractivity contribution >= 4 is 29.1 Å². The molecule has 21 heavy (non-hydrogen) atoms. The molecule has 7 nitrogen and oxygen atoms in total. The maximum Gasteiger partial charge on any atom is 0.311 e. The van der Waals surface area contributed by atoms with Gasteiger partial charge in [-0.1, -0.05) is 6.07 Å². The van der Waals surface area contributed by atoms with Crippen molar-refractivity contribution in [2.24, 2.45) is 5.92 Å². The summed E-state index contributed by atoms with van der Waals surface area (Å²) >= 11 is 1.28. The Labute approximate surface area is 125 Å². The number of rotatable bonds is 5. The van der Waals surface area contributed by atoms with E-state index in [0.717, 1.165) is 0 Å². The molecule has 1 aliphatic heterocycles. The average molecular weight is 312 g/mol. The minimum absolute atomic E-state index is 0.0796. The highest BCUT2D eigenvalue weighted by molar-refractivity contribution is 7.12. The van der Waals surface area contributed by atoms with Gasteiger partial charge in [0.1, 0.15) is 12.0 Å². The van der Waals surface area contributed by atoms with Gasteiger partial charge in [0.25, 0.3) is 5.91 Å². The number of carboxylic acids is 1. The van der Waals surface area contributed by atoms with Gasteiger partial charge in [0, 0.05) is 0 Å². The lowest BCUT2D eigenvalue weighted by atomic mass is 10.0. The number of nitrogens with one attached hydrogen (secondary N) is 2. The van der Waals surface area contributed by atoms with Crippen molar-refractivity contribution in [1.29, 1.82) is 0 Å². The van der Waals surface area contributed by atoms with Crippen LogP contribution in [0.4, 0.5) is 0 Å². The fraction of sp³-hybridized carbons (Fsp3) is 0.462. The standard InChI is InChI=1S/C13H16N2O5S/c1-7(14-12(17)10-3-2-4-21-10)11(16)15-9-6-20-5-8(9)13(18)19/h2-4,7-9H,5-6H2,1H3,(H,14,17)(H,15,16)(H,18,19). The molecule has 0 aliphatic carbocycles. The van der Waals surface area contributed by atoms with E-state index < -0.39 is 29.9 Å². The van der Waals surface area contributed by atoms with Crippen LogP contribution in [0.25, 0.3) is 0 Å². The number of hydrogen-bond donors (Lipinski definition) is 3. The summed E-state index contributed by atoms with van der Waals surface area (Å²) in [4.78, 5) is 35.3. The van der Waals surface area contributed by atoms with Gasteiger partial charge < -0.3 is 20.5 Å². The lowest BCUT2D eigenvalue weighted by Gasteiger charge is -2.19. The topological polar surface area (TPSA) is 105 Å². The van der Waals surface area contributed by atoms with Gasteiger partial charge in [0.05, 0.1) is 24.1 Å². The van der Waals surface area contributed by atoms with Crippen molar-refractivity contribution in [3.05, 3.63) is 22.4 Å². The van der Waals surface area contributed by atoms with E-state index in [1.165, 1.54) is 11.3 Å². The quantitative estimate of drug-likeness (QED) is 0.714. The second-order valence-corrected chi connectivity index (χ2v) is 5.72. The summed E-state index contributed by atoms with van der Waals surface area (Å²) in [5.41, 5.74) is 0. The highest BCUT2D eigenvalue weighted by Crippen LogP contribution is 2.14. The SMILES string of the molecule is CC(NC(=O)c1cccs1)C(=O)NC1COCC1C(=O)O. The van der Waals surface area contributed by atoms with Crippen LogP contribution in [-0.2, 0) is 14.3 Å². The van der Waals surface area contributed by atoms with E-state index >= 15 is 0 Å². The molecule has 3 unspecified atom stereocenters. The zero-order valence-corrected chi connectivity index (χ0v) is 12.2. The Balaban J connectivity index is 1.88. The second-order valence-electron chi connectivity index (χ2n) is 4.77. The summed E-state index contributed by atoms with van der Waals surface area (Å²) < 4.78 is 5.07. The maximum absolute atomic E-state index is 12.0. The summed E-state index contributed by atoms with van der Waals surface area (Å²) in [6.07, 6.45) is 0. The first-order valence-corrected chi connectivity index (χ1v) is 7.32. The second kappa shape index (κ2) is 6.68. The molecule has 8 heteroatoms. The van der Waals surface area contributed by atoms with Crippen LogP contribution in [-0.4, -0.2) is 48.2 Å². The third kappa shape index (κ3) is 3.79. The summed E-state index contributed by atoms with van der Waals surface area (Å²) in [6.45, 7) is 1.79. The molecule has 0 radical (unpaired) electrons. The largest absolute Gasteiger partial charge is 0.481 e. The van der Waals surface area contributed by atoms with Crippen LogP contribution in [0.15, 0.2) is 17.5 Å². The zero-order chi connectivity index (χ0) is 15.4. The van der Waals surface area contributed by atoms with Crippen molar-refractivity contribution < 1.29 is 24.2 Å². The van der Waals surface area contributed by atoms with Gasteiger partial charge in [-0.3, -0.25) is 14.4 Å². The van der Waals surface area contributed by atoms with Crippen molar-refractivity contribution in [2.75, 3.05) is 13.2 Å². The molecule has 1 aromatic rings. The van der Waals surface area contributed by atoms with E-state index in [-0.39, 0.29) is 19.1 Å². The van der Waals surface area contributed by atoms with E-state index in [0.29, 0.717) is 4.88 Å². The Hall–Kier alpha value is -1.93. The number of amides is 2. The monoisotopic (exact) mass is 312 g/mol. The van der Waals surface area contributed by atoms with E-state index in [4.69, 9.17) is 9.84 Å². The number of aliphatic carboxylic acids is 1. The molecule has 2 amide bonds. The van der Waals surface area contributed by atoms with E-state index in [9.17, 15) is 14.4 Å². The number of carboxylic acid groups (broad SMARTS) is 1. The Morgan fingerprint density at radius 2 is 2.19 bits per heavy atom. The van der Waals surface area contributed by atoms with Crippen molar-refractivity contribution in [2.45, 2.75) is 19.0 Å². The number of carbonyl (C=O) groups is 3. The highest BCUT2D eigenvalue weighted by atomic mass is 32.1. The van der Waals surface area contributed by atoms with Crippen LogP contribution in [0.5, 0.6) is 0 Å². The number of hydrogen-bond acceptors (Lipinski definition) is 5. The minimum atomic E-state index is -1.01. The summed E-state index contributed by atoms with van der Waals surface area (Å²) in [7, 11) is 0. The number of ether oxygens (including phenoxy) is 1. The molecule has 3 atom stereocenters. The number of carbonyl (C=O) groups excluding carboxylic acids is 2.